The molecular formula is C10H17N. The second kappa shape index (κ2) is 2.98. The van der Waals surface area contributed by atoms with Gasteiger partial charge in [-0.1, -0.05) is 11.1 Å². The first-order valence-corrected chi connectivity index (χ1v) is 4.74. The molecule has 0 unspecified atom stereocenters. The highest BCUT2D eigenvalue weighted by atomic mass is 15.1. The molecule has 1 aliphatic heterocycles. The minimum absolute atomic E-state index is 1.26. The molecule has 0 atom stereocenters. The van der Waals surface area contributed by atoms with Crippen LogP contribution in [-0.4, -0.2) is 25.0 Å². The van der Waals surface area contributed by atoms with Crippen LogP contribution in [0.4, 0.5) is 0 Å². The lowest BCUT2D eigenvalue weighted by Gasteiger charge is -2.30. The number of hydrogen-bond donors (Lipinski definition) is 0. The first kappa shape index (κ1) is 7.35. The van der Waals surface area contributed by atoms with Crippen LogP contribution >= 0.6 is 0 Å². The highest BCUT2D eigenvalue weighted by Crippen LogP contribution is 2.30. The summed E-state index contributed by atoms with van der Waals surface area (Å²) in [7, 11) is 2.23. The quantitative estimate of drug-likeness (QED) is 0.480. The van der Waals surface area contributed by atoms with Gasteiger partial charge in [-0.25, -0.2) is 0 Å². The number of likely N-dealkylation sites (N-methyl/N-ethyl adjacent to an activating group) is 1. The molecule has 0 radical (unpaired) electrons. The molecule has 0 aromatic heterocycles. The van der Waals surface area contributed by atoms with Crippen molar-refractivity contribution in [2.24, 2.45) is 0 Å². The van der Waals surface area contributed by atoms with Gasteiger partial charge in [0.25, 0.3) is 0 Å². The zero-order valence-corrected chi connectivity index (χ0v) is 7.40. The van der Waals surface area contributed by atoms with E-state index in [2.05, 4.69) is 11.9 Å². The van der Waals surface area contributed by atoms with Gasteiger partial charge in [0, 0.05) is 13.1 Å². The molecule has 1 heteroatoms. The van der Waals surface area contributed by atoms with Crippen LogP contribution < -0.4 is 0 Å². The van der Waals surface area contributed by atoms with Gasteiger partial charge < -0.3 is 4.90 Å². The van der Waals surface area contributed by atoms with Gasteiger partial charge in [-0.2, -0.15) is 0 Å². The van der Waals surface area contributed by atoms with Crippen LogP contribution in [0.2, 0.25) is 0 Å². The predicted molar refractivity (Wildman–Crippen MR) is 47.6 cm³/mol. The summed E-state index contributed by atoms with van der Waals surface area (Å²) in [4.78, 5) is 2.45. The van der Waals surface area contributed by atoms with Crippen LogP contribution in [0.1, 0.15) is 32.1 Å². The number of nitrogens with zero attached hydrogens (tertiary/aromatic N) is 1. The lowest BCUT2D eigenvalue weighted by Crippen LogP contribution is -2.29. The second-order valence-electron chi connectivity index (χ2n) is 3.90. The Bertz CT molecular complexity index is 181. The van der Waals surface area contributed by atoms with Crippen molar-refractivity contribution in [3.63, 3.8) is 0 Å². The molecule has 0 N–H and O–H groups in total. The van der Waals surface area contributed by atoms with Crippen LogP contribution in [0.25, 0.3) is 0 Å². The highest BCUT2D eigenvalue weighted by molar-refractivity contribution is 5.21. The van der Waals surface area contributed by atoms with E-state index in [4.69, 9.17) is 0 Å². The molecule has 1 nitrogen and oxygen atoms in total. The Hall–Kier alpha value is -0.300. The van der Waals surface area contributed by atoms with E-state index in [0.717, 1.165) is 0 Å². The van der Waals surface area contributed by atoms with E-state index in [1.807, 2.05) is 0 Å². The molecule has 0 saturated carbocycles. The van der Waals surface area contributed by atoms with Crippen molar-refractivity contribution in [2.45, 2.75) is 32.1 Å². The molecule has 0 spiro atoms. The molecule has 2 rings (SSSR count). The Kier molecular flexibility index (Phi) is 1.99. The molecule has 62 valence electrons. The van der Waals surface area contributed by atoms with Gasteiger partial charge >= 0.3 is 0 Å². The molecule has 0 fully saturated rings. The maximum absolute atomic E-state index is 2.45. The van der Waals surface area contributed by atoms with Gasteiger partial charge in [0.15, 0.2) is 0 Å². The average Bonchev–Trinajstić information content (AvgIpc) is 2.04. The van der Waals surface area contributed by atoms with E-state index in [-0.39, 0.29) is 0 Å². The summed E-state index contributed by atoms with van der Waals surface area (Å²) in [6, 6.07) is 0. The van der Waals surface area contributed by atoms with Crippen LogP contribution in [0.15, 0.2) is 11.1 Å². The minimum Gasteiger partial charge on any atom is -0.302 e. The number of hydrogen-bond acceptors (Lipinski definition) is 1. The fraction of sp³-hybridized carbons (Fsp3) is 0.800. The molecule has 0 aromatic rings. The second-order valence-corrected chi connectivity index (χ2v) is 3.90. The Morgan fingerprint density at radius 2 is 1.73 bits per heavy atom. The topological polar surface area (TPSA) is 3.24 Å². The van der Waals surface area contributed by atoms with E-state index >= 15 is 0 Å². The zero-order chi connectivity index (χ0) is 7.68. The van der Waals surface area contributed by atoms with Crippen molar-refractivity contribution in [3.8, 4) is 0 Å². The summed E-state index contributed by atoms with van der Waals surface area (Å²) < 4.78 is 0. The SMILES string of the molecule is CN1CCC2=C(CCCC2)C1. The lowest BCUT2D eigenvalue weighted by molar-refractivity contribution is 0.331. The Morgan fingerprint density at radius 1 is 1.00 bits per heavy atom. The summed E-state index contributed by atoms with van der Waals surface area (Å²) in [5, 5.41) is 0. The maximum Gasteiger partial charge on any atom is 0.0192 e. The third-order valence-corrected chi connectivity index (χ3v) is 2.96. The van der Waals surface area contributed by atoms with Crippen LogP contribution in [0.5, 0.6) is 0 Å². The summed E-state index contributed by atoms with van der Waals surface area (Å²) in [6.07, 6.45) is 7.03. The Balaban J connectivity index is 2.12. The summed E-state index contributed by atoms with van der Waals surface area (Å²) in [5.74, 6) is 0. The van der Waals surface area contributed by atoms with Crippen molar-refractivity contribution in [1.82, 2.24) is 4.90 Å². The van der Waals surface area contributed by atoms with Gasteiger partial charge in [0.2, 0.25) is 0 Å². The van der Waals surface area contributed by atoms with Gasteiger partial charge in [-0.3, -0.25) is 0 Å². The van der Waals surface area contributed by atoms with Gasteiger partial charge in [0.05, 0.1) is 0 Å². The third-order valence-electron chi connectivity index (χ3n) is 2.96. The Labute approximate surface area is 69.1 Å². The monoisotopic (exact) mass is 151 g/mol. The number of rotatable bonds is 0. The molecule has 11 heavy (non-hydrogen) atoms. The maximum atomic E-state index is 2.45. The van der Waals surface area contributed by atoms with Crippen LogP contribution in [0, 0.1) is 0 Å². The first-order chi connectivity index (χ1) is 5.36. The molecule has 0 aromatic carbocycles. The molecule has 1 heterocycles. The standard InChI is InChI=1S/C10H17N/c1-11-7-6-9-4-2-3-5-10(9)8-11/h2-8H2,1H3. The van der Waals surface area contributed by atoms with E-state index in [1.165, 1.54) is 45.2 Å². The van der Waals surface area contributed by atoms with E-state index in [0.29, 0.717) is 0 Å². The predicted octanol–water partition coefficient (Wildman–Crippen LogP) is 2.19. The van der Waals surface area contributed by atoms with Gasteiger partial charge in [-0.05, 0) is 39.2 Å². The van der Waals surface area contributed by atoms with Crippen molar-refractivity contribution in [2.75, 3.05) is 20.1 Å². The molecule has 0 saturated heterocycles. The van der Waals surface area contributed by atoms with Gasteiger partial charge in [0.1, 0.15) is 0 Å². The highest BCUT2D eigenvalue weighted by Gasteiger charge is 2.18. The fourth-order valence-corrected chi connectivity index (χ4v) is 2.25. The van der Waals surface area contributed by atoms with Crippen molar-refractivity contribution >= 4 is 0 Å². The smallest absolute Gasteiger partial charge is 0.0192 e. The van der Waals surface area contributed by atoms with Crippen molar-refractivity contribution in [1.29, 1.82) is 0 Å². The lowest BCUT2D eigenvalue weighted by atomic mass is 9.87. The summed E-state index contributed by atoms with van der Waals surface area (Å²) in [5.41, 5.74) is 3.57. The van der Waals surface area contributed by atoms with Crippen LogP contribution in [-0.2, 0) is 0 Å². The molecule has 0 amide bonds. The van der Waals surface area contributed by atoms with Gasteiger partial charge in [-0.15, -0.1) is 0 Å². The zero-order valence-electron chi connectivity index (χ0n) is 7.40. The Morgan fingerprint density at radius 3 is 2.55 bits per heavy atom. The van der Waals surface area contributed by atoms with Crippen LogP contribution in [0.3, 0.4) is 0 Å². The summed E-state index contributed by atoms with van der Waals surface area (Å²) in [6.45, 7) is 2.55. The minimum atomic E-state index is 1.26. The van der Waals surface area contributed by atoms with E-state index in [1.54, 1.807) is 11.1 Å². The third kappa shape index (κ3) is 1.48. The molecule has 1 aliphatic carbocycles. The summed E-state index contributed by atoms with van der Waals surface area (Å²) >= 11 is 0. The molecule has 2 aliphatic rings. The average molecular weight is 151 g/mol. The normalized spacial score (nSPS) is 27.0. The van der Waals surface area contributed by atoms with Crippen molar-refractivity contribution < 1.29 is 0 Å². The largest absolute Gasteiger partial charge is 0.302 e. The molecular weight excluding hydrogens is 134 g/mol. The van der Waals surface area contributed by atoms with E-state index < -0.39 is 0 Å². The van der Waals surface area contributed by atoms with Crippen molar-refractivity contribution in [3.05, 3.63) is 11.1 Å². The molecule has 0 bridgehead atoms. The van der Waals surface area contributed by atoms with E-state index in [9.17, 15) is 0 Å². The fourth-order valence-electron chi connectivity index (χ4n) is 2.25. The first-order valence-electron chi connectivity index (χ1n) is 4.74.